The Morgan fingerprint density at radius 3 is 2.20 bits per heavy atom. The first kappa shape index (κ1) is 14.8. The lowest BCUT2D eigenvalue weighted by molar-refractivity contribution is -0.117. The van der Waals surface area contributed by atoms with Crippen LogP contribution in [0.1, 0.15) is 48.0 Å². The van der Waals surface area contributed by atoms with Gasteiger partial charge in [-0.05, 0) is 12.0 Å². The van der Waals surface area contributed by atoms with E-state index in [1.165, 1.54) is 5.57 Å². The molecule has 4 atom stereocenters. The van der Waals surface area contributed by atoms with E-state index in [0.29, 0.717) is 18.6 Å². The Kier molecular flexibility index (Phi) is 3.09. The monoisotopic (exact) mass is 296 g/mol. The van der Waals surface area contributed by atoms with E-state index in [2.05, 4.69) is 48.1 Å². The minimum Gasteiger partial charge on any atom is -0.391 e. The Bertz CT molecular complexity index is 418. The Morgan fingerprint density at radius 2 is 1.65 bits per heavy atom. The molecule has 4 heteroatoms. The zero-order chi connectivity index (χ0) is 14.9. The maximum Gasteiger partial charge on any atom is 0.349 e. The van der Waals surface area contributed by atoms with Crippen molar-refractivity contribution in [3.05, 3.63) is 12.2 Å². The molecule has 0 unspecified atom stereocenters. The number of fused-ring (bicyclic) bond motifs is 2. The van der Waals surface area contributed by atoms with Crippen molar-refractivity contribution in [2.75, 3.05) is 6.61 Å². The minimum atomic E-state index is -2.39. The normalized spacial score (nSPS) is 40.0. The van der Waals surface area contributed by atoms with Gasteiger partial charge in [-0.15, -0.1) is 0 Å². The Labute approximate surface area is 123 Å². The van der Waals surface area contributed by atoms with Crippen molar-refractivity contribution in [1.29, 1.82) is 0 Å². The Balaban J connectivity index is 1.93. The van der Waals surface area contributed by atoms with E-state index >= 15 is 0 Å². The molecule has 114 valence electrons. The van der Waals surface area contributed by atoms with Gasteiger partial charge in [-0.2, -0.15) is 0 Å². The van der Waals surface area contributed by atoms with Crippen LogP contribution in [0.2, 0.25) is 10.1 Å². The first-order valence-electron chi connectivity index (χ1n) is 7.73. The van der Waals surface area contributed by atoms with Gasteiger partial charge in [0.05, 0.1) is 18.8 Å². The van der Waals surface area contributed by atoms with E-state index in [4.69, 9.17) is 13.6 Å². The van der Waals surface area contributed by atoms with Gasteiger partial charge in [0.1, 0.15) is 6.10 Å². The molecule has 1 saturated carbocycles. The van der Waals surface area contributed by atoms with Gasteiger partial charge >= 0.3 is 8.56 Å². The summed E-state index contributed by atoms with van der Waals surface area (Å²) in [7, 11) is -2.39. The second kappa shape index (κ2) is 4.19. The zero-order valence-corrected chi connectivity index (χ0v) is 14.7. The quantitative estimate of drug-likeness (QED) is 0.503. The molecule has 3 nitrogen and oxygen atoms in total. The van der Waals surface area contributed by atoms with Crippen LogP contribution in [0, 0.1) is 5.92 Å². The maximum atomic E-state index is 6.71. The molecule has 2 saturated heterocycles. The van der Waals surface area contributed by atoms with Crippen LogP contribution < -0.4 is 0 Å². The Hall–Kier alpha value is -0.163. The van der Waals surface area contributed by atoms with Gasteiger partial charge in [0, 0.05) is 16.0 Å². The molecule has 0 aromatic rings. The van der Waals surface area contributed by atoms with Crippen LogP contribution in [-0.4, -0.2) is 33.5 Å². The van der Waals surface area contributed by atoms with Gasteiger partial charge in [0.15, 0.2) is 0 Å². The summed E-state index contributed by atoms with van der Waals surface area (Å²) in [6.07, 6.45) is 1.60. The standard InChI is InChI=1S/C16H28O3Si/c1-10-11-8-12(11)18-13-9-17-20(15(2,3)4,16(5,6)7)19-14(10)13/h11-14H,1,8-9H2,2-7H3/t11-,12-,13+,14+/m0/s1. The van der Waals surface area contributed by atoms with Gasteiger partial charge in [0.25, 0.3) is 0 Å². The third kappa shape index (κ3) is 1.96. The summed E-state index contributed by atoms with van der Waals surface area (Å²) in [6.45, 7) is 18.5. The highest BCUT2D eigenvalue weighted by Gasteiger charge is 2.64. The molecule has 0 aromatic carbocycles. The second-order valence-corrected chi connectivity index (χ2v) is 13.4. The summed E-state index contributed by atoms with van der Waals surface area (Å²) in [5.41, 5.74) is 1.25. The lowest BCUT2D eigenvalue weighted by Gasteiger charge is -2.55. The number of ether oxygens (including phenoxy) is 1. The third-order valence-corrected chi connectivity index (χ3v) is 10.1. The van der Waals surface area contributed by atoms with Crippen molar-refractivity contribution < 1.29 is 13.6 Å². The van der Waals surface area contributed by atoms with Gasteiger partial charge in [-0.1, -0.05) is 48.1 Å². The van der Waals surface area contributed by atoms with Crippen molar-refractivity contribution in [3.63, 3.8) is 0 Å². The van der Waals surface area contributed by atoms with E-state index < -0.39 is 8.56 Å². The highest BCUT2D eigenvalue weighted by atomic mass is 28.4. The van der Waals surface area contributed by atoms with Crippen LogP contribution in [0.5, 0.6) is 0 Å². The fourth-order valence-electron chi connectivity index (χ4n) is 4.06. The van der Waals surface area contributed by atoms with E-state index in [-0.39, 0.29) is 22.3 Å². The van der Waals surface area contributed by atoms with E-state index in [1.54, 1.807) is 0 Å². The summed E-state index contributed by atoms with van der Waals surface area (Å²) in [4.78, 5) is 0. The molecule has 2 aliphatic heterocycles. The highest BCUT2D eigenvalue weighted by Crippen LogP contribution is 2.57. The molecule has 0 spiro atoms. The number of rotatable bonds is 0. The van der Waals surface area contributed by atoms with Crippen molar-refractivity contribution in [2.24, 2.45) is 5.92 Å². The minimum absolute atomic E-state index is 0.0247. The Morgan fingerprint density at radius 1 is 1.05 bits per heavy atom. The van der Waals surface area contributed by atoms with Crippen molar-refractivity contribution in [1.82, 2.24) is 0 Å². The fraction of sp³-hybridized carbons (Fsp3) is 0.875. The first-order valence-corrected chi connectivity index (χ1v) is 9.54. The fourth-order valence-corrected chi connectivity index (χ4v) is 9.01. The molecule has 20 heavy (non-hydrogen) atoms. The highest BCUT2D eigenvalue weighted by molar-refractivity contribution is 6.73. The van der Waals surface area contributed by atoms with Gasteiger partial charge in [-0.3, -0.25) is 0 Å². The van der Waals surface area contributed by atoms with Crippen LogP contribution in [-0.2, 0) is 13.6 Å². The van der Waals surface area contributed by atoms with Gasteiger partial charge in [-0.25, -0.2) is 0 Å². The summed E-state index contributed by atoms with van der Waals surface area (Å²) in [5, 5.41) is 0.0494. The molecule has 2 heterocycles. The average molecular weight is 296 g/mol. The SMILES string of the molecule is C=C1[C@H]2O[Si](C(C)(C)C)(C(C)(C)C)OC[C@H]2O[C@H]2C[C@@H]12. The van der Waals surface area contributed by atoms with E-state index in [0.717, 1.165) is 6.42 Å². The predicted molar refractivity (Wildman–Crippen MR) is 81.9 cm³/mol. The second-order valence-electron chi connectivity index (χ2n) is 8.60. The maximum absolute atomic E-state index is 6.71. The average Bonchev–Trinajstić information content (AvgIpc) is 3.05. The van der Waals surface area contributed by atoms with Crippen LogP contribution in [0.4, 0.5) is 0 Å². The molecular formula is C16H28O3Si. The lowest BCUT2D eigenvalue weighted by Crippen LogP contribution is -2.66. The molecular weight excluding hydrogens is 268 g/mol. The lowest BCUT2D eigenvalue weighted by atomic mass is 10.00. The molecule has 3 fully saturated rings. The largest absolute Gasteiger partial charge is 0.391 e. The topological polar surface area (TPSA) is 27.7 Å². The van der Waals surface area contributed by atoms with Crippen LogP contribution >= 0.6 is 0 Å². The molecule has 3 aliphatic rings. The smallest absolute Gasteiger partial charge is 0.349 e. The van der Waals surface area contributed by atoms with Crippen LogP contribution in [0.3, 0.4) is 0 Å². The van der Waals surface area contributed by atoms with E-state index in [9.17, 15) is 0 Å². The molecule has 0 amide bonds. The third-order valence-electron chi connectivity index (χ3n) is 4.98. The van der Waals surface area contributed by atoms with Crippen molar-refractivity contribution in [2.45, 2.75) is 76.4 Å². The summed E-state index contributed by atoms with van der Waals surface area (Å²) in [6, 6.07) is 0. The summed E-state index contributed by atoms with van der Waals surface area (Å²) >= 11 is 0. The zero-order valence-electron chi connectivity index (χ0n) is 13.7. The summed E-state index contributed by atoms with van der Waals surface area (Å²) < 4.78 is 19.2. The molecule has 0 bridgehead atoms. The molecule has 0 aromatic heterocycles. The van der Waals surface area contributed by atoms with E-state index in [1.807, 2.05) is 0 Å². The molecule has 3 rings (SSSR count). The molecule has 0 radical (unpaired) electrons. The molecule has 1 aliphatic carbocycles. The number of hydrogen-bond donors (Lipinski definition) is 0. The molecule has 0 N–H and O–H groups in total. The van der Waals surface area contributed by atoms with Gasteiger partial charge < -0.3 is 13.6 Å². The van der Waals surface area contributed by atoms with Crippen molar-refractivity contribution in [3.8, 4) is 0 Å². The van der Waals surface area contributed by atoms with Crippen LogP contribution in [0.25, 0.3) is 0 Å². The van der Waals surface area contributed by atoms with Gasteiger partial charge in [0.2, 0.25) is 0 Å². The van der Waals surface area contributed by atoms with Crippen molar-refractivity contribution >= 4 is 8.56 Å². The first-order chi connectivity index (χ1) is 9.07. The summed E-state index contributed by atoms with van der Waals surface area (Å²) in [5.74, 6) is 0.529. The number of hydrogen-bond acceptors (Lipinski definition) is 3. The predicted octanol–water partition coefficient (Wildman–Crippen LogP) is 3.79. The van der Waals surface area contributed by atoms with Crippen LogP contribution in [0.15, 0.2) is 12.2 Å².